The molecule has 0 aliphatic heterocycles. The Labute approximate surface area is 140 Å². The van der Waals surface area contributed by atoms with Gasteiger partial charge in [0.15, 0.2) is 0 Å². The van der Waals surface area contributed by atoms with Gasteiger partial charge in [-0.3, -0.25) is 4.55 Å². The van der Waals surface area contributed by atoms with Gasteiger partial charge in [-0.05, 0) is 36.8 Å². The van der Waals surface area contributed by atoms with E-state index in [4.69, 9.17) is 5.73 Å². The number of benzene rings is 2. The molecule has 3 aromatic rings. The Morgan fingerprint density at radius 3 is 2.65 bits per heavy atom. The molecule has 23 heavy (non-hydrogen) atoms. The van der Waals surface area contributed by atoms with Crippen LogP contribution in [0.25, 0.3) is 20.8 Å². The van der Waals surface area contributed by atoms with Crippen molar-refractivity contribution >= 4 is 49.4 Å². The number of nitrogens with zero attached hydrogens (tertiary/aromatic N) is 1. The average Bonchev–Trinajstić information content (AvgIpc) is 2.89. The number of hydrogen-bond donors (Lipinski definition) is 3. The molecule has 0 aliphatic rings. The second-order valence-electron chi connectivity index (χ2n) is 4.90. The fourth-order valence-corrected chi connectivity index (χ4v) is 4.92. The third kappa shape index (κ3) is 2.93. The number of hydrogen-bond acceptors (Lipinski definition) is 7. The number of thiazole rings is 1. The minimum atomic E-state index is -4.34. The molecule has 0 unspecified atom stereocenters. The lowest BCUT2D eigenvalue weighted by Gasteiger charge is -2.03. The summed E-state index contributed by atoms with van der Waals surface area (Å²) in [5.41, 5.74) is 7.83. The molecule has 0 radical (unpaired) electrons. The predicted molar refractivity (Wildman–Crippen MR) is 92.5 cm³/mol. The second kappa shape index (κ2) is 5.77. The number of fused-ring (bicyclic) bond motifs is 1. The molecule has 0 fully saturated rings. The van der Waals surface area contributed by atoms with Crippen LogP contribution in [0.3, 0.4) is 0 Å². The van der Waals surface area contributed by atoms with Crippen LogP contribution in [-0.2, 0) is 10.1 Å². The van der Waals surface area contributed by atoms with Crippen molar-refractivity contribution in [3.63, 3.8) is 0 Å². The van der Waals surface area contributed by atoms with E-state index in [1.165, 1.54) is 0 Å². The molecule has 0 bridgehead atoms. The van der Waals surface area contributed by atoms with Crippen molar-refractivity contribution in [3.05, 3.63) is 35.9 Å². The van der Waals surface area contributed by atoms with Crippen molar-refractivity contribution in [2.75, 3.05) is 5.73 Å². The van der Waals surface area contributed by atoms with Crippen molar-refractivity contribution in [2.24, 2.45) is 0 Å². The summed E-state index contributed by atoms with van der Waals surface area (Å²) >= 11 is 1.70. The first-order valence-electron chi connectivity index (χ1n) is 6.40. The van der Waals surface area contributed by atoms with Gasteiger partial charge in [0.1, 0.15) is 9.90 Å². The van der Waals surface area contributed by atoms with E-state index in [1.54, 1.807) is 37.3 Å². The molecule has 0 amide bonds. The van der Waals surface area contributed by atoms with E-state index in [0.29, 0.717) is 49.0 Å². The smallest absolute Gasteiger partial charge is 0.296 e. The molecule has 9 heteroatoms. The zero-order chi connectivity index (χ0) is 16.8. The summed E-state index contributed by atoms with van der Waals surface area (Å²) in [6.07, 6.45) is 0. The van der Waals surface area contributed by atoms with Crippen LogP contribution in [0.4, 0.5) is 5.69 Å². The van der Waals surface area contributed by atoms with Gasteiger partial charge in [-0.1, -0.05) is 6.07 Å². The van der Waals surface area contributed by atoms with Crippen molar-refractivity contribution < 1.29 is 17.5 Å². The van der Waals surface area contributed by atoms with Gasteiger partial charge in [-0.2, -0.15) is 8.42 Å². The lowest BCUT2D eigenvalue weighted by atomic mass is 10.2. The summed E-state index contributed by atoms with van der Waals surface area (Å²) in [5, 5.41) is 0.575. The molecule has 0 spiro atoms. The highest BCUT2D eigenvalue weighted by Crippen LogP contribution is 2.37. The zero-order valence-corrected chi connectivity index (χ0v) is 14.3. The molecule has 1 aromatic heterocycles. The number of aryl methyl sites for hydroxylation is 1. The van der Waals surface area contributed by atoms with Crippen molar-refractivity contribution in [1.29, 1.82) is 0 Å². The molecule has 1 heterocycles. The maximum absolute atomic E-state index is 11.6. The van der Waals surface area contributed by atoms with E-state index in [9.17, 15) is 17.5 Å². The fraction of sp³-hybridized carbons (Fsp3) is 0.0714. The highest BCUT2D eigenvalue weighted by molar-refractivity contribution is 7.94. The molecule has 6 nitrogen and oxygen atoms in total. The SMILES string of the molecule is Cc1ccc2nc(-c3ccc(N)c(SO)c3)sc2c1S(=O)(=O)O. The van der Waals surface area contributed by atoms with Crippen LogP contribution in [0.1, 0.15) is 5.56 Å². The summed E-state index contributed by atoms with van der Waals surface area (Å²) in [5.74, 6) is 0. The summed E-state index contributed by atoms with van der Waals surface area (Å²) in [4.78, 5) is 4.79. The van der Waals surface area contributed by atoms with Gasteiger partial charge in [-0.15, -0.1) is 11.3 Å². The fourth-order valence-electron chi connectivity index (χ4n) is 2.26. The third-order valence-corrected chi connectivity index (χ3v) is 6.18. The first-order valence-corrected chi connectivity index (χ1v) is 9.43. The monoisotopic (exact) mass is 368 g/mol. The maximum Gasteiger partial charge on any atom is 0.296 e. The van der Waals surface area contributed by atoms with Gasteiger partial charge < -0.3 is 10.3 Å². The van der Waals surface area contributed by atoms with Crippen LogP contribution in [-0.4, -0.2) is 22.5 Å². The Morgan fingerprint density at radius 2 is 2.00 bits per heavy atom. The molecule has 2 aromatic carbocycles. The third-order valence-electron chi connectivity index (χ3n) is 3.33. The zero-order valence-electron chi connectivity index (χ0n) is 11.8. The van der Waals surface area contributed by atoms with E-state index in [-0.39, 0.29) is 4.90 Å². The first-order chi connectivity index (χ1) is 10.8. The molecule has 0 saturated carbocycles. The normalized spacial score (nSPS) is 12.0. The molecular formula is C14H12N2O4S3. The Balaban J connectivity index is 2.26. The molecular weight excluding hydrogens is 356 g/mol. The second-order valence-corrected chi connectivity index (χ2v) is 7.88. The quantitative estimate of drug-likeness (QED) is 0.367. The maximum atomic E-state index is 11.6. The number of aromatic nitrogens is 1. The van der Waals surface area contributed by atoms with Gasteiger partial charge in [0.05, 0.1) is 15.1 Å². The van der Waals surface area contributed by atoms with Crippen LogP contribution in [0, 0.1) is 6.92 Å². The van der Waals surface area contributed by atoms with Gasteiger partial charge in [0.25, 0.3) is 10.1 Å². The molecule has 3 rings (SSSR count). The minimum absolute atomic E-state index is 0.119. The van der Waals surface area contributed by atoms with Crippen LogP contribution in [0.15, 0.2) is 40.1 Å². The number of nitrogen functional groups attached to an aromatic ring is 1. The standard InChI is InChI=1S/C14H12N2O4S3/c1-7-2-5-10-12(13(7)23(18,19)20)21-14(16-10)8-3-4-9(15)11(6-8)22-17/h2-6,17H,15H2,1H3,(H,18,19,20). The summed E-state index contributed by atoms with van der Waals surface area (Å²) in [6, 6.07) is 8.38. The minimum Gasteiger partial charge on any atom is -0.398 e. The van der Waals surface area contributed by atoms with Crippen molar-refractivity contribution in [2.45, 2.75) is 16.7 Å². The van der Waals surface area contributed by atoms with Crippen LogP contribution in [0.5, 0.6) is 0 Å². The molecule has 0 atom stereocenters. The predicted octanol–water partition coefficient (Wildman–Crippen LogP) is 3.67. The number of rotatable bonds is 3. The molecule has 120 valence electrons. The Bertz CT molecular complexity index is 1010. The molecule has 0 aliphatic carbocycles. The Hall–Kier alpha value is -1.65. The van der Waals surface area contributed by atoms with Gasteiger partial charge in [-0.25, -0.2) is 4.98 Å². The van der Waals surface area contributed by atoms with E-state index in [0.717, 1.165) is 11.3 Å². The van der Waals surface area contributed by atoms with Gasteiger partial charge >= 0.3 is 0 Å². The van der Waals surface area contributed by atoms with Crippen LogP contribution >= 0.6 is 23.4 Å². The largest absolute Gasteiger partial charge is 0.398 e. The van der Waals surface area contributed by atoms with E-state index < -0.39 is 10.1 Å². The van der Waals surface area contributed by atoms with Crippen molar-refractivity contribution in [1.82, 2.24) is 4.98 Å². The van der Waals surface area contributed by atoms with Crippen LogP contribution < -0.4 is 5.73 Å². The summed E-state index contributed by atoms with van der Waals surface area (Å²) < 4.78 is 42.4. The summed E-state index contributed by atoms with van der Waals surface area (Å²) in [7, 11) is -4.34. The van der Waals surface area contributed by atoms with E-state index >= 15 is 0 Å². The van der Waals surface area contributed by atoms with E-state index in [1.807, 2.05) is 0 Å². The van der Waals surface area contributed by atoms with E-state index in [2.05, 4.69) is 4.98 Å². The van der Waals surface area contributed by atoms with Gasteiger partial charge in [0.2, 0.25) is 0 Å². The summed E-state index contributed by atoms with van der Waals surface area (Å²) in [6.45, 7) is 1.62. The Kier molecular flexibility index (Phi) is 4.07. The van der Waals surface area contributed by atoms with Crippen molar-refractivity contribution in [3.8, 4) is 10.6 Å². The topological polar surface area (TPSA) is 114 Å². The highest BCUT2D eigenvalue weighted by atomic mass is 32.2. The van der Waals surface area contributed by atoms with Gasteiger partial charge in [0, 0.05) is 23.3 Å². The van der Waals surface area contributed by atoms with Crippen LogP contribution in [0.2, 0.25) is 0 Å². The number of nitrogens with two attached hydrogens (primary N) is 1. The average molecular weight is 368 g/mol. The number of anilines is 1. The highest BCUT2D eigenvalue weighted by Gasteiger charge is 2.21. The molecule has 0 saturated heterocycles. The molecule has 4 N–H and O–H groups in total. The lowest BCUT2D eigenvalue weighted by Crippen LogP contribution is -2.00. The first kappa shape index (κ1) is 16.2. The Morgan fingerprint density at radius 1 is 1.26 bits per heavy atom. The lowest BCUT2D eigenvalue weighted by molar-refractivity contribution is 0.483.